The van der Waals surface area contributed by atoms with Crippen LogP contribution in [0.1, 0.15) is 15.9 Å². The van der Waals surface area contributed by atoms with Gasteiger partial charge in [-0.05, 0) is 59.0 Å². The number of carbonyl (C=O) groups excluding carboxylic acids is 1. The van der Waals surface area contributed by atoms with Crippen LogP contribution in [0.15, 0.2) is 36.4 Å². The normalized spacial score (nSPS) is 9.80. The summed E-state index contributed by atoms with van der Waals surface area (Å²) in [5.41, 5.74) is 7.01. The van der Waals surface area contributed by atoms with Crippen LogP contribution >= 0.6 is 22.6 Å². The Morgan fingerprint density at radius 1 is 1.30 bits per heavy atom. The first-order valence-electron chi connectivity index (χ1n) is 5.61. The van der Waals surface area contributed by atoms with Gasteiger partial charge in [-0.2, -0.15) is 5.26 Å². The summed E-state index contributed by atoms with van der Waals surface area (Å²) < 4.78 is 0.657. The van der Waals surface area contributed by atoms with Crippen LogP contribution in [0.5, 0.6) is 5.75 Å². The molecule has 0 aliphatic carbocycles. The number of nitrogen functional groups attached to an aromatic ring is 1. The Morgan fingerprint density at radius 2 is 2.05 bits per heavy atom. The predicted molar refractivity (Wildman–Crippen MR) is 84.3 cm³/mol. The minimum absolute atomic E-state index is 0.0380. The highest BCUT2D eigenvalue weighted by Crippen LogP contribution is 2.22. The zero-order valence-electron chi connectivity index (χ0n) is 10.2. The lowest BCUT2D eigenvalue weighted by molar-refractivity contribution is 0.102. The Balaban J connectivity index is 2.28. The van der Waals surface area contributed by atoms with Crippen LogP contribution in [0.25, 0.3) is 0 Å². The second-order valence-electron chi connectivity index (χ2n) is 4.04. The number of nitriles is 1. The van der Waals surface area contributed by atoms with E-state index in [-0.39, 0.29) is 11.3 Å². The molecule has 0 unspecified atom stereocenters. The van der Waals surface area contributed by atoms with Crippen LogP contribution in [0.4, 0.5) is 11.4 Å². The maximum absolute atomic E-state index is 12.1. The molecule has 0 aromatic heterocycles. The number of rotatable bonds is 2. The van der Waals surface area contributed by atoms with Gasteiger partial charge in [-0.25, -0.2) is 0 Å². The Labute approximate surface area is 129 Å². The molecule has 4 N–H and O–H groups in total. The quantitative estimate of drug-likeness (QED) is 0.552. The number of amides is 1. The molecule has 0 saturated carbocycles. The third kappa shape index (κ3) is 3.00. The molecule has 2 aromatic carbocycles. The van der Waals surface area contributed by atoms with E-state index in [1.807, 2.05) is 28.7 Å². The van der Waals surface area contributed by atoms with Crippen molar-refractivity contribution in [2.75, 3.05) is 11.1 Å². The fourth-order valence-corrected chi connectivity index (χ4v) is 1.95. The summed E-state index contributed by atoms with van der Waals surface area (Å²) >= 11 is 1.96. The van der Waals surface area contributed by atoms with Gasteiger partial charge in [0.15, 0.2) is 0 Å². The molecular formula is C14H10IN3O2. The van der Waals surface area contributed by atoms with Gasteiger partial charge in [-0.1, -0.05) is 0 Å². The van der Waals surface area contributed by atoms with Crippen LogP contribution in [-0.4, -0.2) is 11.0 Å². The second kappa shape index (κ2) is 5.79. The topological polar surface area (TPSA) is 99.1 Å². The number of phenolic OH excluding ortho intramolecular Hbond substituents is 1. The average Bonchev–Trinajstić information content (AvgIpc) is 2.43. The molecule has 0 spiro atoms. The van der Waals surface area contributed by atoms with E-state index >= 15 is 0 Å². The van der Waals surface area contributed by atoms with Crippen LogP contribution in [0.3, 0.4) is 0 Å². The fourth-order valence-electron chi connectivity index (χ4n) is 1.61. The monoisotopic (exact) mass is 379 g/mol. The minimum atomic E-state index is -0.405. The van der Waals surface area contributed by atoms with E-state index < -0.39 is 5.91 Å². The minimum Gasteiger partial charge on any atom is -0.507 e. The van der Waals surface area contributed by atoms with E-state index in [1.54, 1.807) is 24.3 Å². The number of phenols is 1. The molecule has 0 radical (unpaired) electrons. The third-order valence-corrected chi connectivity index (χ3v) is 3.53. The van der Waals surface area contributed by atoms with Gasteiger partial charge in [0.25, 0.3) is 5.91 Å². The molecule has 5 nitrogen and oxygen atoms in total. The maximum Gasteiger partial charge on any atom is 0.255 e. The first-order chi connectivity index (χ1) is 9.51. The van der Waals surface area contributed by atoms with Gasteiger partial charge < -0.3 is 16.2 Å². The molecule has 2 aromatic rings. The van der Waals surface area contributed by atoms with Crippen molar-refractivity contribution in [1.82, 2.24) is 0 Å². The molecule has 0 bridgehead atoms. The van der Waals surface area contributed by atoms with Gasteiger partial charge in [0, 0.05) is 11.3 Å². The number of nitrogens with one attached hydrogen (secondary N) is 1. The Morgan fingerprint density at radius 3 is 2.70 bits per heavy atom. The summed E-state index contributed by atoms with van der Waals surface area (Å²) in [5, 5.41) is 21.2. The van der Waals surface area contributed by atoms with Gasteiger partial charge in [0.05, 0.1) is 14.8 Å². The second-order valence-corrected chi connectivity index (χ2v) is 5.20. The molecule has 1 amide bonds. The van der Waals surface area contributed by atoms with Crippen LogP contribution < -0.4 is 11.1 Å². The number of hydrogen-bond acceptors (Lipinski definition) is 4. The summed E-state index contributed by atoms with van der Waals surface area (Å²) in [5.74, 6) is -0.367. The Hall–Kier alpha value is -2.27. The SMILES string of the molecule is N#Cc1cc(N)ccc1NC(=O)c1ccc(I)c(O)c1. The van der Waals surface area contributed by atoms with Gasteiger partial charge in [-0.3, -0.25) is 4.79 Å². The number of nitrogens with two attached hydrogens (primary N) is 1. The number of carbonyl (C=O) groups is 1. The van der Waals surface area contributed by atoms with Crippen molar-refractivity contribution in [2.24, 2.45) is 0 Å². The summed E-state index contributed by atoms with van der Waals surface area (Å²) in [6.45, 7) is 0. The number of hydrogen-bond donors (Lipinski definition) is 3. The number of aromatic hydroxyl groups is 1. The molecule has 6 heteroatoms. The van der Waals surface area contributed by atoms with Crippen LogP contribution in [-0.2, 0) is 0 Å². The summed E-state index contributed by atoms with van der Waals surface area (Å²) in [6.07, 6.45) is 0. The Bertz CT molecular complexity index is 723. The van der Waals surface area contributed by atoms with Crippen LogP contribution in [0.2, 0.25) is 0 Å². The summed E-state index contributed by atoms with van der Waals surface area (Å²) in [7, 11) is 0. The molecule has 100 valence electrons. The highest BCUT2D eigenvalue weighted by molar-refractivity contribution is 14.1. The van der Waals surface area contributed by atoms with Gasteiger partial charge in [0.1, 0.15) is 11.8 Å². The standard InChI is InChI=1S/C14H10IN3O2/c15-11-3-1-8(6-13(11)19)14(20)18-12-4-2-10(17)5-9(12)7-16/h1-6,19H,17H2,(H,18,20). The molecule has 0 fully saturated rings. The zero-order valence-corrected chi connectivity index (χ0v) is 12.4. The molecule has 0 atom stereocenters. The zero-order chi connectivity index (χ0) is 14.7. The molecule has 0 heterocycles. The van der Waals surface area contributed by atoms with Crippen molar-refractivity contribution in [1.29, 1.82) is 5.26 Å². The Kier molecular flexibility index (Phi) is 4.10. The molecule has 0 saturated heterocycles. The van der Waals surface area contributed by atoms with E-state index in [2.05, 4.69) is 5.32 Å². The van der Waals surface area contributed by atoms with Crippen molar-refractivity contribution in [3.8, 4) is 11.8 Å². The van der Waals surface area contributed by atoms with E-state index in [1.165, 1.54) is 12.1 Å². The number of anilines is 2. The van der Waals surface area contributed by atoms with Crippen molar-refractivity contribution in [3.63, 3.8) is 0 Å². The van der Waals surface area contributed by atoms with Gasteiger partial charge in [0.2, 0.25) is 0 Å². The third-order valence-electron chi connectivity index (χ3n) is 2.62. The van der Waals surface area contributed by atoms with Gasteiger partial charge in [-0.15, -0.1) is 0 Å². The van der Waals surface area contributed by atoms with E-state index in [0.717, 1.165) is 0 Å². The number of benzene rings is 2. The van der Waals surface area contributed by atoms with Crippen molar-refractivity contribution in [2.45, 2.75) is 0 Å². The highest BCUT2D eigenvalue weighted by atomic mass is 127. The predicted octanol–water partition coefficient (Wildman–Crippen LogP) is 2.70. The number of nitrogens with zero attached hydrogens (tertiary/aromatic N) is 1. The first kappa shape index (κ1) is 14.1. The molecule has 2 rings (SSSR count). The van der Waals surface area contributed by atoms with Crippen molar-refractivity contribution >= 4 is 39.9 Å². The first-order valence-corrected chi connectivity index (χ1v) is 6.68. The van der Waals surface area contributed by atoms with E-state index in [4.69, 9.17) is 11.0 Å². The largest absolute Gasteiger partial charge is 0.507 e. The van der Waals surface area contributed by atoms with Crippen LogP contribution in [0, 0.1) is 14.9 Å². The van der Waals surface area contributed by atoms with Crippen molar-refractivity contribution < 1.29 is 9.90 Å². The molecule has 0 aliphatic rings. The summed E-state index contributed by atoms with van der Waals surface area (Å²) in [6, 6.07) is 11.2. The highest BCUT2D eigenvalue weighted by Gasteiger charge is 2.11. The van der Waals surface area contributed by atoms with Gasteiger partial charge >= 0.3 is 0 Å². The summed E-state index contributed by atoms with van der Waals surface area (Å²) in [4.78, 5) is 12.1. The lowest BCUT2D eigenvalue weighted by Crippen LogP contribution is -2.13. The lowest BCUT2D eigenvalue weighted by atomic mass is 10.1. The smallest absolute Gasteiger partial charge is 0.255 e. The molecule has 20 heavy (non-hydrogen) atoms. The van der Waals surface area contributed by atoms with Crippen molar-refractivity contribution in [3.05, 3.63) is 51.1 Å². The van der Waals surface area contributed by atoms with E-state index in [9.17, 15) is 9.90 Å². The lowest BCUT2D eigenvalue weighted by Gasteiger charge is -2.08. The fraction of sp³-hybridized carbons (Fsp3) is 0. The average molecular weight is 379 g/mol. The van der Waals surface area contributed by atoms with E-state index in [0.29, 0.717) is 20.5 Å². The molecular weight excluding hydrogens is 369 g/mol. The maximum atomic E-state index is 12.1. The molecule has 0 aliphatic heterocycles. The number of halogens is 1.